The quantitative estimate of drug-likeness (QED) is 0.243. The van der Waals surface area contributed by atoms with Gasteiger partial charge >= 0.3 is 0 Å². The topological polar surface area (TPSA) is 47.6 Å². The summed E-state index contributed by atoms with van der Waals surface area (Å²) in [4.78, 5) is 0. The predicted octanol–water partition coefficient (Wildman–Crippen LogP) is 1.68. The normalized spacial score (nSPS) is 8.53. The summed E-state index contributed by atoms with van der Waals surface area (Å²) in [6.07, 6.45) is 0. The van der Waals surface area contributed by atoms with Gasteiger partial charge in [0.1, 0.15) is 0 Å². The number of benzene rings is 4. The van der Waals surface area contributed by atoms with Crippen molar-refractivity contribution < 1.29 is 65.7 Å². The predicted molar refractivity (Wildman–Crippen MR) is 109 cm³/mol. The molecule has 6 heteroatoms. The fraction of sp³-hybridized carbons (Fsp3) is 0. The maximum absolute atomic E-state index is 7.69. The molecule has 4 aromatic rings. The van der Waals surface area contributed by atoms with Crippen molar-refractivity contribution in [2.45, 2.75) is 0 Å². The first-order chi connectivity index (χ1) is 12.8. The molecule has 4 aromatic carbocycles. The molecule has 0 amide bonds. The van der Waals surface area contributed by atoms with Crippen LogP contribution in [0.5, 0.6) is 0 Å². The summed E-state index contributed by atoms with van der Waals surface area (Å²) in [6, 6.07) is 36.7. The summed E-state index contributed by atoms with van der Waals surface area (Å²) in [5, 5.41) is 0. The van der Waals surface area contributed by atoms with Gasteiger partial charge in [-0.1, -0.05) is 48.5 Å². The van der Waals surface area contributed by atoms with E-state index in [1.54, 1.807) is 12.1 Å². The third kappa shape index (κ3) is 8.63. The van der Waals surface area contributed by atoms with Gasteiger partial charge in [-0.15, -0.1) is 82.9 Å². The molecule has 30 heavy (non-hydrogen) atoms. The van der Waals surface area contributed by atoms with Gasteiger partial charge < -0.3 is 36.3 Å². The van der Waals surface area contributed by atoms with Gasteiger partial charge in [-0.25, -0.2) is 0 Å². The van der Waals surface area contributed by atoms with Gasteiger partial charge in [-0.05, 0) is 0 Å². The molecule has 2 nitrogen and oxygen atoms in total. The van der Waals surface area contributed by atoms with Crippen LogP contribution in [0.3, 0.4) is 0 Å². The third-order valence-corrected chi connectivity index (χ3v) is 3.85. The van der Waals surface area contributed by atoms with E-state index in [-0.39, 0.29) is 65.7 Å². The molecule has 0 aromatic heterocycles. The van der Waals surface area contributed by atoms with E-state index in [4.69, 9.17) is 11.5 Å². The second kappa shape index (κ2) is 16.1. The van der Waals surface area contributed by atoms with Gasteiger partial charge in [0.15, 0.2) is 0 Å². The molecule has 0 saturated heterocycles. The van der Waals surface area contributed by atoms with Gasteiger partial charge in [-0.3, -0.25) is 0 Å². The zero-order valence-corrected chi connectivity index (χ0v) is 20.2. The molecule has 164 valence electrons. The molecule has 0 spiro atoms. The van der Waals surface area contributed by atoms with Crippen LogP contribution in [0.2, 0.25) is 0 Å². The van der Waals surface area contributed by atoms with Crippen molar-refractivity contribution in [2.24, 2.45) is 0 Å². The standard InChI is InChI=1S/2C12H9N.2ClH.2Pd/c2*13-12-9-5-4-8-11(12)10-6-2-1-3-7-10;;;;/h2*1-6,8-9,13H;2*1H;;/q2*-2;;;;/p-2. The molecule has 0 aliphatic rings. The Labute approximate surface area is 218 Å². The zero-order valence-electron chi connectivity index (χ0n) is 15.6. The molecule has 0 atom stereocenters. The molecular formula is C24H18Cl2N2Pd2-6. The van der Waals surface area contributed by atoms with E-state index in [0.29, 0.717) is 11.4 Å². The van der Waals surface area contributed by atoms with Crippen molar-refractivity contribution in [3.8, 4) is 22.3 Å². The molecule has 0 unspecified atom stereocenters. The molecule has 0 bridgehead atoms. The number of rotatable bonds is 2. The minimum Gasteiger partial charge on any atom is -1.00 e. The molecule has 0 aliphatic carbocycles. The van der Waals surface area contributed by atoms with Crippen LogP contribution in [-0.2, 0) is 40.8 Å². The Kier molecular flexibility index (Phi) is 16.4. The van der Waals surface area contributed by atoms with Crippen LogP contribution in [0.1, 0.15) is 0 Å². The Morgan fingerprint density at radius 1 is 0.467 bits per heavy atom. The average Bonchev–Trinajstić information content (AvgIpc) is 2.71. The van der Waals surface area contributed by atoms with Crippen molar-refractivity contribution in [1.82, 2.24) is 0 Å². The van der Waals surface area contributed by atoms with Crippen molar-refractivity contribution >= 4 is 11.4 Å². The Bertz CT molecular complexity index is 888. The molecule has 0 saturated carbocycles. The van der Waals surface area contributed by atoms with Crippen molar-refractivity contribution in [1.29, 1.82) is 0 Å². The number of nitrogens with one attached hydrogen (secondary N) is 2. The molecule has 4 rings (SSSR count). The molecule has 0 heterocycles. The van der Waals surface area contributed by atoms with Gasteiger partial charge in [0.2, 0.25) is 0 Å². The van der Waals surface area contributed by atoms with Gasteiger partial charge in [-0.2, -0.15) is 11.4 Å². The Morgan fingerprint density at radius 2 is 0.800 bits per heavy atom. The van der Waals surface area contributed by atoms with Gasteiger partial charge in [0.25, 0.3) is 0 Å². The SMILES string of the molecule is [Cl-].[Cl-].[NH-]c1ccccc1-c1[c-]cccc1.[NH-]c1ccccc1-c1[c-]cccc1.[Pd].[Pd]. The summed E-state index contributed by atoms with van der Waals surface area (Å²) in [5.41, 5.74) is 20.3. The first-order valence-electron chi connectivity index (χ1n) is 8.31. The minimum absolute atomic E-state index is 0. The van der Waals surface area contributed by atoms with E-state index in [9.17, 15) is 0 Å². The minimum atomic E-state index is 0. The number of halogens is 2. The number of hydrogen-bond donors (Lipinski definition) is 0. The van der Waals surface area contributed by atoms with Crippen molar-refractivity contribution in [2.75, 3.05) is 0 Å². The molecule has 0 radical (unpaired) electrons. The van der Waals surface area contributed by atoms with E-state index >= 15 is 0 Å². The van der Waals surface area contributed by atoms with E-state index in [0.717, 1.165) is 22.3 Å². The van der Waals surface area contributed by atoms with Crippen LogP contribution in [0.25, 0.3) is 33.7 Å². The summed E-state index contributed by atoms with van der Waals surface area (Å²) >= 11 is 0. The van der Waals surface area contributed by atoms with Gasteiger partial charge in [0, 0.05) is 40.8 Å². The van der Waals surface area contributed by atoms with Crippen LogP contribution in [0, 0.1) is 12.1 Å². The zero-order chi connectivity index (χ0) is 18.2. The molecule has 0 fully saturated rings. The first kappa shape index (κ1) is 30.6. The van der Waals surface area contributed by atoms with E-state index < -0.39 is 0 Å². The van der Waals surface area contributed by atoms with Crippen LogP contribution in [0.15, 0.2) is 97.1 Å². The smallest absolute Gasteiger partial charge is 0 e. The van der Waals surface area contributed by atoms with Crippen LogP contribution >= 0.6 is 0 Å². The largest absolute Gasteiger partial charge is 1.00 e. The van der Waals surface area contributed by atoms with Crippen LogP contribution in [-0.4, -0.2) is 0 Å². The molecule has 0 aliphatic heterocycles. The Balaban J connectivity index is 0. The van der Waals surface area contributed by atoms with Crippen LogP contribution in [0.4, 0.5) is 11.4 Å². The number of hydrogen-bond acceptors (Lipinski definition) is 0. The Hall–Kier alpha value is -1.62. The average molecular weight is 618 g/mol. The van der Waals surface area contributed by atoms with Crippen LogP contribution < -0.4 is 24.8 Å². The molecule has 2 N–H and O–H groups in total. The second-order valence-electron chi connectivity index (χ2n) is 5.64. The summed E-state index contributed by atoms with van der Waals surface area (Å²) in [7, 11) is 0. The first-order valence-corrected chi connectivity index (χ1v) is 8.31. The summed E-state index contributed by atoms with van der Waals surface area (Å²) in [6.45, 7) is 0. The fourth-order valence-corrected chi connectivity index (χ4v) is 2.56. The maximum atomic E-state index is 7.69. The maximum Gasteiger partial charge on any atom is 0 e. The van der Waals surface area contributed by atoms with E-state index in [1.165, 1.54) is 0 Å². The van der Waals surface area contributed by atoms with Crippen molar-refractivity contribution in [3.05, 3.63) is 121 Å². The third-order valence-electron chi connectivity index (χ3n) is 3.85. The fourth-order valence-electron chi connectivity index (χ4n) is 2.56. The second-order valence-corrected chi connectivity index (χ2v) is 5.64. The Morgan fingerprint density at radius 3 is 1.10 bits per heavy atom. The van der Waals surface area contributed by atoms with Gasteiger partial charge in [0.05, 0.1) is 0 Å². The summed E-state index contributed by atoms with van der Waals surface area (Å²) in [5.74, 6) is 0. The van der Waals surface area contributed by atoms with Crippen molar-refractivity contribution in [3.63, 3.8) is 0 Å². The van der Waals surface area contributed by atoms with E-state index in [1.807, 2.05) is 84.9 Å². The monoisotopic (exact) mass is 616 g/mol. The van der Waals surface area contributed by atoms with E-state index in [2.05, 4.69) is 12.1 Å². The summed E-state index contributed by atoms with van der Waals surface area (Å²) < 4.78 is 0. The molecular weight excluding hydrogens is 600 g/mol.